The second-order valence-electron chi connectivity index (χ2n) is 5.87. The summed E-state index contributed by atoms with van der Waals surface area (Å²) in [5.74, 6) is 0.00986. The minimum Gasteiger partial charge on any atom is -0.480 e. The number of aliphatic carboxylic acids is 1. The van der Waals surface area contributed by atoms with E-state index in [4.69, 9.17) is 0 Å². The van der Waals surface area contributed by atoms with Crippen molar-refractivity contribution in [2.24, 2.45) is 5.92 Å². The molecule has 3 heterocycles. The molecule has 3 aliphatic heterocycles. The maximum Gasteiger partial charge on any atom is 0.320 e. The fourth-order valence-corrected chi connectivity index (χ4v) is 3.94. The number of nitrogens with one attached hydrogen (secondary N) is 1. The van der Waals surface area contributed by atoms with Crippen LogP contribution in [0, 0.1) is 5.92 Å². The first kappa shape index (κ1) is 11.5. The van der Waals surface area contributed by atoms with Crippen molar-refractivity contribution in [1.82, 2.24) is 10.2 Å². The van der Waals surface area contributed by atoms with E-state index in [-0.39, 0.29) is 6.04 Å². The van der Waals surface area contributed by atoms with Crippen LogP contribution in [-0.4, -0.2) is 46.7 Å². The molecule has 4 nitrogen and oxygen atoms in total. The standard InChI is InChI=1S/C13H22N2O2/c1-2-10(12(16)17)14-11-9-3-7-15(8-4-9)13(11)5-6-13/h9-11,14H,2-8H2,1H3,(H,16,17). The Labute approximate surface area is 102 Å². The van der Waals surface area contributed by atoms with Gasteiger partial charge in [-0.05, 0) is 51.1 Å². The Morgan fingerprint density at radius 1 is 1.47 bits per heavy atom. The molecule has 1 aliphatic carbocycles. The highest BCUT2D eigenvalue weighted by atomic mass is 16.4. The SMILES string of the molecule is CCC(NC1C2CCN(CC2)C12CC2)C(=O)O. The summed E-state index contributed by atoms with van der Waals surface area (Å²) in [6, 6.07) is 0.0593. The fourth-order valence-electron chi connectivity index (χ4n) is 3.94. The lowest BCUT2D eigenvalue weighted by Gasteiger charge is -2.53. The highest BCUT2D eigenvalue weighted by Crippen LogP contribution is 2.53. The molecular formula is C13H22N2O2. The lowest BCUT2D eigenvalue weighted by atomic mass is 9.76. The predicted octanol–water partition coefficient (Wildman–Crippen LogP) is 1.07. The molecule has 4 rings (SSSR count). The third-order valence-corrected chi connectivity index (χ3v) is 5.07. The van der Waals surface area contributed by atoms with Crippen molar-refractivity contribution < 1.29 is 9.90 Å². The van der Waals surface area contributed by atoms with Gasteiger partial charge in [-0.25, -0.2) is 0 Å². The minimum atomic E-state index is -0.695. The fraction of sp³-hybridized carbons (Fsp3) is 0.923. The molecule has 96 valence electrons. The van der Waals surface area contributed by atoms with E-state index in [1.807, 2.05) is 6.92 Å². The molecule has 0 amide bonds. The largest absolute Gasteiger partial charge is 0.480 e. The van der Waals surface area contributed by atoms with Crippen molar-refractivity contribution in [1.29, 1.82) is 0 Å². The molecule has 4 aliphatic rings. The van der Waals surface area contributed by atoms with Gasteiger partial charge in [0.1, 0.15) is 6.04 Å². The van der Waals surface area contributed by atoms with Gasteiger partial charge in [-0.15, -0.1) is 0 Å². The van der Waals surface area contributed by atoms with E-state index in [0.29, 0.717) is 23.9 Å². The molecule has 2 N–H and O–H groups in total. The number of hydrogen-bond donors (Lipinski definition) is 2. The number of hydrogen-bond acceptors (Lipinski definition) is 3. The van der Waals surface area contributed by atoms with E-state index in [1.54, 1.807) is 0 Å². The zero-order valence-corrected chi connectivity index (χ0v) is 10.5. The van der Waals surface area contributed by atoms with Crippen LogP contribution in [0.2, 0.25) is 0 Å². The molecule has 2 atom stereocenters. The number of fused-ring (bicyclic) bond motifs is 2. The number of carbonyl (C=O) groups is 1. The summed E-state index contributed by atoms with van der Waals surface area (Å²) < 4.78 is 0. The summed E-state index contributed by atoms with van der Waals surface area (Å²) in [4.78, 5) is 13.8. The van der Waals surface area contributed by atoms with Gasteiger partial charge in [0, 0.05) is 11.6 Å². The highest BCUT2D eigenvalue weighted by Gasteiger charge is 2.60. The predicted molar refractivity (Wildman–Crippen MR) is 64.9 cm³/mol. The van der Waals surface area contributed by atoms with Crippen LogP contribution in [0.25, 0.3) is 0 Å². The topological polar surface area (TPSA) is 52.6 Å². The molecule has 1 spiro atoms. The summed E-state index contributed by atoms with van der Waals surface area (Å²) in [7, 11) is 0. The molecule has 1 saturated carbocycles. The summed E-state index contributed by atoms with van der Waals surface area (Å²) in [5.41, 5.74) is 0.337. The maximum atomic E-state index is 11.2. The number of carboxylic acids is 1. The van der Waals surface area contributed by atoms with E-state index in [1.165, 1.54) is 38.8 Å². The van der Waals surface area contributed by atoms with Crippen LogP contribution in [0.4, 0.5) is 0 Å². The van der Waals surface area contributed by atoms with Crippen LogP contribution in [-0.2, 0) is 4.79 Å². The molecular weight excluding hydrogens is 216 g/mol. The van der Waals surface area contributed by atoms with Crippen LogP contribution in [0.15, 0.2) is 0 Å². The molecule has 3 saturated heterocycles. The molecule has 2 bridgehead atoms. The van der Waals surface area contributed by atoms with Crippen LogP contribution in [0.3, 0.4) is 0 Å². The summed E-state index contributed by atoms with van der Waals surface area (Å²) in [5, 5.41) is 12.6. The van der Waals surface area contributed by atoms with Gasteiger partial charge in [0.2, 0.25) is 0 Å². The Kier molecular flexibility index (Phi) is 2.67. The van der Waals surface area contributed by atoms with Crippen LogP contribution < -0.4 is 5.32 Å². The number of carboxylic acid groups (broad SMARTS) is 1. The summed E-state index contributed by atoms with van der Waals surface area (Å²) >= 11 is 0. The summed E-state index contributed by atoms with van der Waals surface area (Å²) in [6.07, 6.45) is 5.69. The lowest BCUT2D eigenvalue weighted by molar-refractivity contribution is -0.140. The Hall–Kier alpha value is -0.610. The monoisotopic (exact) mass is 238 g/mol. The van der Waals surface area contributed by atoms with Gasteiger partial charge in [-0.1, -0.05) is 6.92 Å². The normalized spacial score (nSPS) is 39.2. The van der Waals surface area contributed by atoms with Crippen LogP contribution in [0.5, 0.6) is 0 Å². The van der Waals surface area contributed by atoms with Gasteiger partial charge in [0.05, 0.1) is 0 Å². The number of nitrogens with zero attached hydrogens (tertiary/aromatic N) is 1. The van der Waals surface area contributed by atoms with E-state index >= 15 is 0 Å². The van der Waals surface area contributed by atoms with Gasteiger partial charge in [0.15, 0.2) is 0 Å². The van der Waals surface area contributed by atoms with Gasteiger partial charge < -0.3 is 5.11 Å². The zero-order valence-electron chi connectivity index (χ0n) is 10.5. The molecule has 17 heavy (non-hydrogen) atoms. The zero-order chi connectivity index (χ0) is 12.0. The average molecular weight is 238 g/mol. The second-order valence-corrected chi connectivity index (χ2v) is 5.87. The van der Waals surface area contributed by atoms with Crippen molar-refractivity contribution in [3.8, 4) is 0 Å². The van der Waals surface area contributed by atoms with Gasteiger partial charge in [-0.2, -0.15) is 0 Å². The smallest absolute Gasteiger partial charge is 0.320 e. The van der Waals surface area contributed by atoms with Crippen molar-refractivity contribution in [3.05, 3.63) is 0 Å². The molecule has 0 aromatic heterocycles. The van der Waals surface area contributed by atoms with E-state index in [9.17, 15) is 9.90 Å². The van der Waals surface area contributed by atoms with E-state index in [0.717, 1.165) is 0 Å². The number of rotatable bonds is 4. The average Bonchev–Trinajstić information content (AvgIpc) is 3.10. The third kappa shape index (κ3) is 1.69. The van der Waals surface area contributed by atoms with Crippen molar-refractivity contribution in [3.63, 3.8) is 0 Å². The quantitative estimate of drug-likeness (QED) is 0.769. The molecule has 0 aromatic carbocycles. The highest BCUT2D eigenvalue weighted by molar-refractivity contribution is 5.73. The Morgan fingerprint density at radius 3 is 2.59 bits per heavy atom. The Balaban J connectivity index is 1.75. The van der Waals surface area contributed by atoms with Gasteiger partial charge >= 0.3 is 5.97 Å². The Morgan fingerprint density at radius 2 is 2.12 bits per heavy atom. The molecule has 2 unspecified atom stereocenters. The van der Waals surface area contributed by atoms with Gasteiger partial charge in [0.25, 0.3) is 0 Å². The number of piperidine rings is 3. The van der Waals surface area contributed by atoms with Crippen LogP contribution in [0.1, 0.15) is 39.0 Å². The van der Waals surface area contributed by atoms with Crippen LogP contribution >= 0.6 is 0 Å². The Bertz CT molecular complexity index is 319. The molecule has 4 heteroatoms. The van der Waals surface area contributed by atoms with E-state index < -0.39 is 5.97 Å². The summed E-state index contributed by atoms with van der Waals surface area (Å²) in [6.45, 7) is 4.41. The minimum absolute atomic E-state index is 0.337. The molecule has 0 aromatic rings. The molecule has 0 radical (unpaired) electrons. The van der Waals surface area contributed by atoms with Gasteiger partial charge in [-0.3, -0.25) is 15.0 Å². The molecule has 4 fully saturated rings. The lowest BCUT2D eigenvalue weighted by Crippen LogP contribution is -2.66. The van der Waals surface area contributed by atoms with E-state index in [2.05, 4.69) is 10.2 Å². The first-order valence-electron chi connectivity index (χ1n) is 6.91. The maximum absolute atomic E-state index is 11.2. The van der Waals surface area contributed by atoms with Crippen molar-refractivity contribution >= 4 is 5.97 Å². The third-order valence-electron chi connectivity index (χ3n) is 5.07. The first-order valence-corrected chi connectivity index (χ1v) is 6.91. The first-order chi connectivity index (χ1) is 8.17. The van der Waals surface area contributed by atoms with Crippen molar-refractivity contribution in [2.75, 3.05) is 13.1 Å². The van der Waals surface area contributed by atoms with Crippen molar-refractivity contribution in [2.45, 2.75) is 56.7 Å². The second kappa shape index (κ2) is 3.95.